The average molecular weight is 218 g/mol. The molecule has 1 aromatic carbocycles. The summed E-state index contributed by atoms with van der Waals surface area (Å²) in [6, 6.07) is 12.1. The van der Waals surface area contributed by atoms with E-state index in [1.807, 2.05) is 0 Å². The third-order valence-electron chi connectivity index (χ3n) is 3.50. The van der Waals surface area contributed by atoms with Crippen LogP contribution < -0.4 is 5.32 Å². The summed E-state index contributed by atoms with van der Waals surface area (Å²) in [5.74, 6) is 0. The second-order valence-corrected chi connectivity index (χ2v) is 4.78. The third kappa shape index (κ3) is 2.83. The van der Waals surface area contributed by atoms with Crippen molar-refractivity contribution in [2.75, 3.05) is 13.1 Å². The van der Waals surface area contributed by atoms with Crippen LogP contribution in [-0.2, 0) is 6.54 Å². The van der Waals surface area contributed by atoms with E-state index in [0.717, 1.165) is 13.1 Å². The highest BCUT2D eigenvalue weighted by Gasteiger charge is 2.23. The second kappa shape index (κ2) is 5.46. The van der Waals surface area contributed by atoms with Gasteiger partial charge in [0.25, 0.3) is 0 Å². The van der Waals surface area contributed by atoms with Crippen LogP contribution in [0.3, 0.4) is 0 Å². The van der Waals surface area contributed by atoms with Crippen molar-refractivity contribution < 1.29 is 0 Å². The van der Waals surface area contributed by atoms with Crippen LogP contribution in [0.1, 0.15) is 25.8 Å². The highest BCUT2D eigenvalue weighted by Crippen LogP contribution is 2.13. The van der Waals surface area contributed by atoms with E-state index in [1.54, 1.807) is 0 Å². The maximum Gasteiger partial charge on any atom is 0.0237 e. The summed E-state index contributed by atoms with van der Waals surface area (Å²) in [5, 5.41) is 3.59. The summed E-state index contributed by atoms with van der Waals surface area (Å²) in [6.45, 7) is 7.94. The van der Waals surface area contributed by atoms with Crippen molar-refractivity contribution in [1.29, 1.82) is 0 Å². The molecule has 16 heavy (non-hydrogen) atoms. The standard InChI is InChI=1S/C14H22N2/c1-3-14-11-16(12(2)9-15-14)10-13-7-5-4-6-8-13/h4-8,12,14-15H,3,9-11H2,1-2H3/t12-,14?/m1/s1. The quantitative estimate of drug-likeness (QED) is 0.837. The number of benzene rings is 1. The molecule has 1 saturated heterocycles. The van der Waals surface area contributed by atoms with Gasteiger partial charge in [0.05, 0.1) is 0 Å². The number of piperazine rings is 1. The SMILES string of the molecule is CCC1CN(Cc2ccccc2)[C@H](C)CN1. The minimum Gasteiger partial charge on any atom is -0.311 e. The Morgan fingerprint density at radius 3 is 2.75 bits per heavy atom. The minimum atomic E-state index is 0.642. The van der Waals surface area contributed by atoms with Gasteiger partial charge in [-0.15, -0.1) is 0 Å². The molecule has 0 aliphatic carbocycles. The Morgan fingerprint density at radius 1 is 1.31 bits per heavy atom. The van der Waals surface area contributed by atoms with Gasteiger partial charge in [-0.05, 0) is 18.9 Å². The molecule has 0 aromatic heterocycles. The Balaban J connectivity index is 1.97. The molecule has 0 amide bonds. The van der Waals surface area contributed by atoms with Crippen molar-refractivity contribution in [3.63, 3.8) is 0 Å². The van der Waals surface area contributed by atoms with Crippen LogP contribution in [0.25, 0.3) is 0 Å². The van der Waals surface area contributed by atoms with Crippen molar-refractivity contribution >= 4 is 0 Å². The molecule has 1 aromatic rings. The molecular weight excluding hydrogens is 196 g/mol. The molecule has 0 radical (unpaired) electrons. The molecule has 88 valence electrons. The van der Waals surface area contributed by atoms with E-state index >= 15 is 0 Å². The van der Waals surface area contributed by atoms with E-state index in [0.29, 0.717) is 12.1 Å². The fourth-order valence-electron chi connectivity index (χ4n) is 2.31. The average Bonchev–Trinajstić information content (AvgIpc) is 2.33. The topological polar surface area (TPSA) is 15.3 Å². The summed E-state index contributed by atoms with van der Waals surface area (Å²) in [5.41, 5.74) is 1.42. The van der Waals surface area contributed by atoms with E-state index < -0.39 is 0 Å². The molecule has 1 N–H and O–H groups in total. The van der Waals surface area contributed by atoms with E-state index in [1.165, 1.54) is 18.5 Å². The van der Waals surface area contributed by atoms with Crippen LogP contribution in [0.2, 0.25) is 0 Å². The van der Waals surface area contributed by atoms with Crippen molar-refractivity contribution in [3.8, 4) is 0 Å². The van der Waals surface area contributed by atoms with E-state index in [4.69, 9.17) is 0 Å². The zero-order chi connectivity index (χ0) is 11.4. The molecule has 2 heteroatoms. The highest BCUT2D eigenvalue weighted by molar-refractivity contribution is 5.14. The van der Waals surface area contributed by atoms with Gasteiger partial charge in [0, 0.05) is 31.7 Å². The van der Waals surface area contributed by atoms with E-state index in [2.05, 4.69) is 54.4 Å². The maximum atomic E-state index is 3.59. The van der Waals surface area contributed by atoms with Crippen LogP contribution in [0.5, 0.6) is 0 Å². The van der Waals surface area contributed by atoms with Gasteiger partial charge in [0.15, 0.2) is 0 Å². The number of hydrogen-bond donors (Lipinski definition) is 1. The Morgan fingerprint density at radius 2 is 2.06 bits per heavy atom. The largest absolute Gasteiger partial charge is 0.311 e. The molecule has 1 unspecified atom stereocenters. The van der Waals surface area contributed by atoms with Gasteiger partial charge >= 0.3 is 0 Å². The Labute approximate surface area is 98.7 Å². The molecule has 2 atom stereocenters. The molecule has 1 aliphatic heterocycles. The van der Waals surface area contributed by atoms with Crippen LogP contribution in [-0.4, -0.2) is 30.1 Å². The first-order chi connectivity index (χ1) is 7.79. The first-order valence-corrected chi connectivity index (χ1v) is 6.31. The monoisotopic (exact) mass is 218 g/mol. The van der Waals surface area contributed by atoms with Crippen LogP contribution >= 0.6 is 0 Å². The molecule has 1 heterocycles. The summed E-state index contributed by atoms with van der Waals surface area (Å²) in [7, 11) is 0. The maximum absolute atomic E-state index is 3.59. The van der Waals surface area contributed by atoms with Crippen molar-refractivity contribution in [1.82, 2.24) is 10.2 Å². The first-order valence-electron chi connectivity index (χ1n) is 6.31. The lowest BCUT2D eigenvalue weighted by Crippen LogP contribution is -2.54. The zero-order valence-corrected chi connectivity index (χ0v) is 10.3. The van der Waals surface area contributed by atoms with Crippen LogP contribution in [0, 0.1) is 0 Å². The smallest absolute Gasteiger partial charge is 0.0237 e. The van der Waals surface area contributed by atoms with Crippen molar-refractivity contribution in [2.24, 2.45) is 0 Å². The van der Waals surface area contributed by atoms with Gasteiger partial charge in [0.2, 0.25) is 0 Å². The molecule has 1 fully saturated rings. The van der Waals surface area contributed by atoms with Gasteiger partial charge < -0.3 is 5.32 Å². The fraction of sp³-hybridized carbons (Fsp3) is 0.571. The van der Waals surface area contributed by atoms with E-state index in [-0.39, 0.29) is 0 Å². The van der Waals surface area contributed by atoms with Crippen molar-refractivity contribution in [2.45, 2.75) is 38.9 Å². The van der Waals surface area contributed by atoms with Crippen LogP contribution in [0.4, 0.5) is 0 Å². The summed E-state index contributed by atoms with van der Waals surface area (Å²) in [4.78, 5) is 2.58. The Kier molecular flexibility index (Phi) is 3.97. The molecule has 2 rings (SSSR count). The fourth-order valence-corrected chi connectivity index (χ4v) is 2.31. The predicted octanol–water partition coefficient (Wildman–Crippen LogP) is 2.26. The molecule has 2 nitrogen and oxygen atoms in total. The minimum absolute atomic E-state index is 0.642. The lowest BCUT2D eigenvalue weighted by molar-refractivity contribution is 0.131. The van der Waals surface area contributed by atoms with E-state index in [9.17, 15) is 0 Å². The lowest BCUT2D eigenvalue weighted by atomic mass is 10.1. The normalized spacial score (nSPS) is 26.9. The van der Waals surface area contributed by atoms with Gasteiger partial charge in [-0.3, -0.25) is 4.90 Å². The number of hydrogen-bond acceptors (Lipinski definition) is 2. The van der Waals surface area contributed by atoms with Crippen molar-refractivity contribution in [3.05, 3.63) is 35.9 Å². The predicted molar refractivity (Wildman–Crippen MR) is 68.4 cm³/mol. The summed E-state index contributed by atoms with van der Waals surface area (Å²) >= 11 is 0. The lowest BCUT2D eigenvalue weighted by Gasteiger charge is -2.38. The Bertz CT molecular complexity index is 310. The molecule has 0 saturated carbocycles. The Hall–Kier alpha value is -0.860. The number of nitrogens with one attached hydrogen (secondary N) is 1. The molecule has 0 spiro atoms. The second-order valence-electron chi connectivity index (χ2n) is 4.78. The van der Waals surface area contributed by atoms with Gasteiger partial charge in [-0.2, -0.15) is 0 Å². The number of rotatable bonds is 3. The van der Waals surface area contributed by atoms with Gasteiger partial charge in [-0.25, -0.2) is 0 Å². The molecule has 1 aliphatic rings. The van der Waals surface area contributed by atoms with Gasteiger partial charge in [0.1, 0.15) is 0 Å². The number of nitrogens with zero attached hydrogens (tertiary/aromatic N) is 1. The van der Waals surface area contributed by atoms with Crippen LogP contribution in [0.15, 0.2) is 30.3 Å². The van der Waals surface area contributed by atoms with Gasteiger partial charge in [-0.1, -0.05) is 37.3 Å². The molecule has 0 bridgehead atoms. The zero-order valence-electron chi connectivity index (χ0n) is 10.3. The molecular formula is C14H22N2. The summed E-state index contributed by atoms with van der Waals surface area (Å²) in [6.07, 6.45) is 1.22. The first kappa shape index (κ1) is 11.6. The third-order valence-corrected chi connectivity index (χ3v) is 3.50. The highest BCUT2D eigenvalue weighted by atomic mass is 15.2. The summed E-state index contributed by atoms with van der Waals surface area (Å²) < 4.78 is 0.